The molecule has 0 rings (SSSR count). The van der Waals surface area contributed by atoms with Crippen LogP contribution in [0, 0.1) is 0 Å². The summed E-state index contributed by atoms with van der Waals surface area (Å²) in [6.45, 7) is 2.89. The number of hydrogen-bond acceptors (Lipinski definition) is 1. The summed E-state index contributed by atoms with van der Waals surface area (Å²) < 4.78 is 4.92. The van der Waals surface area contributed by atoms with Gasteiger partial charge in [-0.1, -0.05) is 5.79 Å². The molecule has 0 unspecified atom stereocenters. The molecule has 37 valence electrons. The molecule has 0 saturated carbocycles. The van der Waals surface area contributed by atoms with Crippen molar-refractivity contribution < 1.29 is 3.79 Å². The molecule has 0 fully saturated rings. The Balaban J connectivity index is 0. The lowest BCUT2D eigenvalue weighted by Crippen LogP contribution is -1.88. The van der Waals surface area contributed by atoms with Gasteiger partial charge in [-0.05, 0) is 6.92 Å². The average molecular weight is 124 g/mol. The molecule has 0 heterocycles. The van der Waals surface area contributed by atoms with Gasteiger partial charge < -0.3 is 3.79 Å². The van der Waals surface area contributed by atoms with Crippen LogP contribution in [0.3, 0.4) is 0 Å². The van der Waals surface area contributed by atoms with Crippen molar-refractivity contribution in [2.75, 3.05) is 6.61 Å². The highest BCUT2D eigenvalue weighted by Crippen LogP contribution is 1.61. The first-order valence-electron chi connectivity index (χ1n) is 1.81. The van der Waals surface area contributed by atoms with Gasteiger partial charge in [-0.2, -0.15) is 0 Å². The van der Waals surface area contributed by atoms with Crippen LogP contribution < -0.4 is 0 Å². The molecule has 0 spiro atoms. The van der Waals surface area contributed by atoms with Crippen LogP contribution in [0.15, 0.2) is 0 Å². The summed E-state index contributed by atoms with van der Waals surface area (Å²) in [6, 6.07) is 0. The van der Waals surface area contributed by atoms with Crippen molar-refractivity contribution >= 4 is 28.0 Å². The highest BCUT2D eigenvalue weighted by molar-refractivity contribution is 6.24. The van der Waals surface area contributed by atoms with Gasteiger partial charge in [0, 0.05) is 6.61 Å². The maximum absolute atomic E-state index is 4.92. The summed E-state index contributed by atoms with van der Waals surface area (Å²) in [7, 11) is 0. The predicted molar refractivity (Wildman–Crippen MR) is 30.5 cm³/mol. The van der Waals surface area contributed by atoms with Crippen molar-refractivity contribution in [2.24, 2.45) is 0 Å². The zero-order valence-electron chi connectivity index (χ0n) is 4.10. The van der Waals surface area contributed by atoms with E-state index in [1.165, 1.54) is 0 Å². The second-order valence-electron chi connectivity index (χ2n) is 0.691. The third-order valence-electron chi connectivity index (χ3n) is 0.333. The van der Waals surface area contributed by atoms with Crippen molar-refractivity contribution in [1.82, 2.24) is 0 Å². The van der Waals surface area contributed by atoms with Crippen molar-refractivity contribution in [2.45, 2.75) is 12.7 Å². The molecule has 0 aliphatic rings. The standard InChI is InChI=1S/C2H5O.CH3.Al.ClH/c1-2-3;;;/h2H2,1H3;1H3;;1H/q-1;;+1;. The summed E-state index contributed by atoms with van der Waals surface area (Å²) in [5.41, 5.74) is 0. The second kappa shape index (κ2) is 9.24. The van der Waals surface area contributed by atoms with E-state index >= 15 is 0 Å². The Kier molecular flexibility index (Phi) is 15.3. The van der Waals surface area contributed by atoms with Gasteiger partial charge in [0.2, 0.25) is 0 Å². The smallest absolute Gasteiger partial charge is 0.419 e. The van der Waals surface area contributed by atoms with Gasteiger partial charge >= 0.3 is 15.6 Å². The topological polar surface area (TPSA) is 9.23 Å². The van der Waals surface area contributed by atoms with Crippen LogP contribution >= 0.6 is 12.4 Å². The van der Waals surface area contributed by atoms with E-state index < -0.39 is 0 Å². The quantitative estimate of drug-likeness (QED) is 0.500. The zero-order valence-corrected chi connectivity index (χ0v) is 6.07. The molecule has 1 radical (unpaired) electrons. The van der Waals surface area contributed by atoms with Crippen LogP contribution in [0.25, 0.3) is 0 Å². The van der Waals surface area contributed by atoms with Gasteiger partial charge in [0.1, 0.15) is 0 Å². The van der Waals surface area contributed by atoms with Gasteiger partial charge in [0.15, 0.2) is 0 Å². The van der Waals surface area contributed by atoms with Crippen LogP contribution in [0.1, 0.15) is 6.92 Å². The lowest BCUT2D eigenvalue weighted by Gasteiger charge is -1.85. The number of hydrogen-bond donors (Lipinski definition) is 0. The Bertz CT molecular complexity index is 18.3. The minimum Gasteiger partial charge on any atom is -0.507 e. The van der Waals surface area contributed by atoms with Crippen LogP contribution in [0.5, 0.6) is 0 Å². The van der Waals surface area contributed by atoms with E-state index in [0.717, 1.165) is 6.61 Å². The molecule has 0 aromatic carbocycles. The molecule has 1 nitrogen and oxygen atoms in total. The third-order valence-corrected chi connectivity index (χ3v) is 1.00. The normalized spacial score (nSPS) is 6.33. The highest BCUT2D eigenvalue weighted by atomic mass is 35.5. The molecular formula is C3H9AlClO. The fourth-order valence-electron chi connectivity index (χ4n) is 0.167. The SMILES string of the molecule is CC[O][Al][CH3].Cl. The minimum atomic E-state index is 0. The second-order valence-corrected chi connectivity index (χ2v) is 1.50. The maximum Gasteiger partial charge on any atom is 0.419 e. The van der Waals surface area contributed by atoms with Crippen LogP contribution in [0.2, 0.25) is 5.79 Å². The summed E-state index contributed by atoms with van der Waals surface area (Å²) in [6.07, 6.45) is 0. The Labute approximate surface area is 51.5 Å². The molecule has 0 aromatic rings. The molecule has 0 bridgehead atoms. The molecule has 0 aliphatic heterocycles. The van der Waals surface area contributed by atoms with E-state index in [9.17, 15) is 0 Å². The average Bonchev–Trinajstić information content (AvgIpc) is 1.41. The zero-order chi connectivity index (χ0) is 4.12. The van der Waals surface area contributed by atoms with Crippen LogP contribution in [0.4, 0.5) is 0 Å². The fraction of sp³-hybridized carbons (Fsp3) is 1.00. The van der Waals surface area contributed by atoms with Gasteiger partial charge in [0.25, 0.3) is 0 Å². The Morgan fingerprint density at radius 2 is 2.17 bits per heavy atom. The van der Waals surface area contributed by atoms with Gasteiger partial charge in [0.05, 0.1) is 0 Å². The first-order chi connectivity index (χ1) is 2.41. The first kappa shape index (κ1) is 9.92. The monoisotopic (exact) mass is 123 g/mol. The van der Waals surface area contributed by atoms with E-state index in [1.54, 1.807) is 0 Å². The van der Waals surface area contributed by atoms with E-state index in [2.05, 4.69) is 5.79 Å². The van der Waals surface area contributed by atoms with E-state index in [1.807, 2.05) is 6.92 Å². The summed E-state index contributed by atoms with van der Waals surface area (Å²) in [4.78, 5) is 0. The fourth-order valence-corrected chi connectivity index (χ4v) is 0.500. The number of halogens is 1. The molecule has 0 saturated heterocycles. The number of rotatable bonds is 2. The van der Waals surface area contributed by atoms with Crippen molar-refractivity contribution in [3.05, 3.63) is 0 Å². The van der Waals surface area contributed by atoms with E-state index in [0.29, 0.717) is 0 Å². The van der Waals surface area contributed by atoms with Gasteiger partial charge in [-0.15, -0.1) is 12.4 Å². The van der Waals surface area contributed by atoms with Crippen LogP contribution in [-0.4, -0.2) is 22.2 Å². The summed E-state index contributed by atoms with van der Waals surface area (Å²) >= 11 is 0.286. The first-order valence-corrected chi connectivity index (χ1v) is 3.43. The molecule has 3 heteroatoms. The Hall–Kier alpha value is 0.782. The predicted octanol–water partition coefficient (Wildman–Crippen LogP) is 1.11. The lowest BCUT2D eigenvalue weighted by molar-refractivity contribution is 0.364. The van der Waals surface area contributed by atoms with Crippen molar-refractivity contribution in [3.63, 3.8) is 0 Å². The van der Waals surface area contributed by atoms with Crippen molar-refractivity contribution in [3.8, 4) is 0 Å². The third kappa shape index (κ3) is 8.84. The minimum absolute atomic E-state index is 0. The van der Waals surface area contributed by atoms with Crippen molar-refractivity contribution in [1.29, 1.82) is 0 Å². The largest absolute Gasteiger partial charge is 0.507 e. The highest BCUT2D eigenvalue weighted by Gasteiger charge is 1.72. The molecule has 0 aromatic heterocycles. The summed E-state index contributed by atoms with van der Waals surface area (Å²) in [5.74, 6) is 2.07. The maximum atomic E-state index is 4.92. The molecular weight excluding hydrogens is 114 g/mol. The summed E-state index contributed by atoms with van der Waals surface area (Å²) in [5, 5.41) is 0. The van der Waals surface area contributed by atoms with Gasteiger partial charge in [-0.3, -0.25) is 0 Å². The lowest BCUT2D eigenvalue weighted by atomic mass is 10.9. The van der Waals surface area contributed by atoms with Gasteiger partial charge in [-0.25, -0.2) is 0 Å². The Morgan fingerprint density at radius 1 is 1.67 bits per heavy atom. The molecule has 6 heavy (non-hydrogen) atoms. The molecule has 0 N–H and O–H groups in total. The van der Waals surface area contributed by atoms with E-state index in [4.69, 9.17) is 3.79 Å². The molecule has 0 aliphatic carbocycles. The van der Waals surface area contributed by atoms with Crippen LogP contribution in [-0.2, 0) is 3.79 Å². The Morgan fingerprint density at radius 3 is 2.17 bits per heavy atom. The molecule has 0 atom stereocenters. The van der Waals surface area contributed by atoms with E-state index in [-0.39, 0.29) is 28.0 Å². The molecule has 0 amide bonds.